The standard InChI is InChI=1S/C13H17ClN2O5S/c1-8(2)16-12(17)7-21-13(18)10-6-9(4-5-11(10)14)22(19,20)15-3/h4-6,8,15H,7H2,1-3H3,(H,16,17). The van der Waals surface area contributed by atoms with Crippen LogP contribution in [0.5, 0.6) is 0 Å². The Bertz CT molecular complexity index is 673. The quantitative estimate of drug-likeness (QED) is 0.745. The van der Waals surface area contributed by atoms with E-state index in [0.717, 1.165) is 6.07 Å². The largest absolute Gasteiger partial charge is 0.452 e. The molecule has 122 valence electrons. The molecule has 0 atom stereocenters. The molecule has 1 amide bonds. The number of ether oxygens (including phenoxy) is 1. The molecule has 0 aromatic heterocycles. The van der Waals surface area contributed by atoms with Gasteiger partial charge in [-0.3, -0.25) is 4.79 Å². The third-order valence-corrected chi connectivity index (χ3v) is 4.26. The van der Waals surface area contributed by atoms with Gasteiger partial charge in [-0.25, -0.2) is 17.9 Å². The first kappa shape index (κ1) is 18.4. The Morgan fingerprint density at radius 3 is 2.50 bits per heavy atom. The summed E-state index contributed by atoms with van der Waals surface area (Å²) in [7, 11) is -2.47. The minimum atomic E-state index is -3.71. The molecule has 9 heteroatoms. The zero-order chi connectivity index (χ0) is 16.9. The normalized spacial score (nSPS) is 11.3. The monoisotopic (exact) mass is 348 g/mol. The van der Waals surface area contributed by atoms with Gasteiger partial charge in [0.05, 0.1) is 15.5 Å². The molecule has 0 saturated heterocycles. The molecule has 1 rings (SSSR count). The van der Waals surface area contributed by atoms with Crippen molar-refractivity contribution >= 4 is 33.5 Å². The number of carbonyl (C=O) groups excluding carboxylic acids is 2. The van der Waals surface area contributed by atoms with Crippen LogP contribution in [0.1, 0.15) is 24.2 Å². The number of nitrogens with one attached hydrogen (secondary N) is 2. The average Bonchev–Trinajstić information content (AvgIpc) is 2.44. The molecule has 0 radical (unpaired) electrons. The van der Waals surface area contributed by atoms with Crippen molar-refractivity contribution in [2.24, 2.45) is 0 Å². The highest BCUT2D eigenvalue weighted by Gasteiger charge is 2.19. The molecule has 0 fully saturated rings. The summed E-state index contributed by atoms with van der Waals surface area (Å²) in [6.07, 6.45) is 0. The van der Waals surface area contributed by atoms with Crippen LogP contribution in [0.15, 0.2) is 23.1 Å². The number of hydrogen-bond acceptors (Lipinski definition) is 5. The highest BCUT2D eigenvalue weighted by molar-refractivity contribution is 7.89. The van der Waals surface area contributed by atoms with E-state index in [1.54, 1.807) is 13.8 Å². The van der Waals surface area contributed by atoms with Crippen LogP contribution in [-0.2, 0) is 19.6 Å². The first-order valence-electron chi connectivity index (χ1n) is 6.37. The number of halogens is 1. The smallest absolute Gasteiger partial charge is 0.340 e. The van der Waals surface area contributed by atoms with Gasteiger partial charge in [-0.05, 0) is 39.1 Å². The fourth-order valence-corrected chi connectivity index (χ4v) is 2.47. The van der Waals surface area contributed by atoms with E-state index in [9.17, 15) is 18.0 Å². The van der Waals surface area contributed by atoms with E-state index in [1.165, 1.54) is 19.2 Å². The van der Waals surface area contributed by atoms with E-state index in [4.69, 9.17) is 16.3 Å². The van der Waals surface area contributed by atoms with Crippen LogP contribution < -0.4 is 10.0 Å². The van der Waals surface area contributed by atoms with E-state index >= 15 is 0 Å². The lowest BCUT2D eigenvalue weighted by atomic mass is 10.2. The van der Waals surface area contributed by atoms with Crippen LogP contribution >= 0.6 is 11.6 Å². The molecule has 1 aromatic carbocycles. The van der Waals surface area contributed by atoms with Crippen molar-refractivity contribution in [2.75, 3.05) is 13.7 Å². The predicted octanol–water partition coefficient (Wildman–Crippen LogP) is 0.929. The van der Waals surface area contributed by atoms with E-state index in [-0.39, 0.29) is 21.5 Å². The number of esters is 1. The molecule has 0 aliphatic carbocycles. The van der Waals surface area contributed by atoms with Crippen LogP contribution in [0.4, 0.5) is 0 Å². The summed E-state index contributed by atoms with van der Waals surface area (Å²) < 4.78 is 30.4. The van der Waals surface area contributed by atoms with Crippen molar-refractivity contribution in [2.45, 2.75) is 24.8 Å². The molecule has 1 aromatic rings. The van der Waals surface area contributed by atoms with E-state index in [2.05, 4.69) is 10.0 Å². The SMILES string of the molecule is CNS(=O)(=O)c1ccc(Cl)c(C(=O)OCC(=O)NC(C)C)c1. The summed E-state index contributed by atoms with van der Waals surface area (Å²) in [5, 5.41) is 2.59. The second kappa shape index (κ2) is 7.57. The maximum absolute atomic E-state index is 11.9. The third-order valence-electron chi connectivity index (χ3n) is 2.52. The first-order chi connectivity index (χ1) is 10.2. The number of sulfonamides is 1. The summed E-state index contributed by atoms with van der Waals surface area (Å²) in [4.78, 5) is 23.2. The molecule has 0 aliphatic heterocycles. The van der Waals surface area contributed by atoms with Gasteiger partial charge in [-0.1, -0.05) is 11.6 Å². The zero-order valence-electron chi connectivity index (χ0n) is 12.3. The van der Waals surface area contributed by atoms with Crippen molar-refractivity contribution < 1.29 is 22.7 Å². The molecule has 0 heterocycles. The first-order valence-corrected chi connectivity index (χ1v) is 8.23. The molecule has 0 saturated carbocycles. The number of amides is 1. The second-order valence-electron chi connectivity index (χ2n) is 4.65. The number of hydrogen-bond donors (Lipinski definition) is 2. The number of rotatable bonds is 6. The summed E-state index contributed by atoms with van der Waals surface area (Å²) in [5.74, 6) is -1.34. The topological polar surface area (TPSA) is 102 Å². The van der Waals surface area contributed by atoms with Gasteiger partial charge in [0.25, 0.3) is 5.91 Å². The fourth-order valence-electron chi connectivity index (χ4n) is 1.52. The minimum absolute atomic E-state index is 0.0318. The van der Waals surface area contributed by atoms with Crippen molar-refractivity contribution in [3.63, 3.8) is 0 Å². The van der Waals surface area contributed by atoms with Crippen molar-refractivity contribution in [1.82, 2.24) is 10.0 Å². The molecule has 2 N–H and O–H groups in total. The van der Waals surface area contributed by atoms with Gasteiger partial charge in [0.1, 0.15) is 0 Å². The van der Waals surface area contributed by atoms with Crippen LogP contribution in [0.25, 0.3) is 0 Å². The Balaban J connectivity index is 2.90. The van der Waals surface area contributed by atoms with E-state index in [0.29, 0.717) is 0 Å². The molecular weight excluding hydrogens is 332 g/mol. The number of carbonyl (C=O) groups is 2. The van der Waals surface area contributed by atoms with Crippen LogP contribution in [0.3, 0.4) is 0 Å². The van der Waals surface area contributed by atoms with Gasteiger partial charge in [0.15, 0.2) is 6.61 Å². The second-order valence-corrected chi connectivity index (χ2v) is 6.94. The maximum Gasteiger partial charge on any atom is 0.340 e. The van der Waals surface area contributed by atoms with Gasteiger partial charge in [-0.2, -0.15) is 0 Å². The molecule has 0 spiro atoms. The molecular formula is C13H17ClN2O5S. The average molecular weight is 349 g/mol. The maximum atomic E-state index is 11.9. The highest BCUT2D eigenvalue weighted by atomic mass is 35.5. The number of benzene rings is 1. The molecule has 0 bridgehead atoms. The summed E-state index contributed by atoms with van der Waals surface area (Å²) >= 11 is 5.87. The summed E-state index contributed by atoms with van der Waals surface area (Å²) in [5.41, 5.74) is -0.129. The fraction of sp³-hybridized carbons (Fsp3) is 0.385. The summed E-state index contributed by atoms with van der Waals surface area (Å²) in [6.45, 7) is 3.06. The lowest BCUT2D eigenvalue weighted by molar-refractivity contribution is -0.124. The zero-order valence-corrected chi connectivity index (χ0v) is 13.9. The van der Waals surface area contributed by atoms with Gasteiger partial charge in [0.2, 0.25) is 10.0 Å². The molecule has 22 heavy (non-hydrogen) atoms. The van der Waals surface area contributed by atoms with E-state index in [1.807, 2.05) is 0 Å². The molecule has 0 unspecified atom stereocenters. The lowest BCUT2D eigenvalue weighted by Gasteiger charge is -2.10. The third kappa shape index (κ3) is 4.97. The van der Waals surface area contributed by atoms with Gasteiger partial charge >= 0.3 is 5.97 Å². The van der Waals surface area contributed by atoms with Crippen molar-refractivity contribution in [3.05, 3.63) is 28.8 Å². The Morgan fingerprint density at radius 1 is 1.32 bits per heavy atom. The van der Waals surface area contributed by atoms with Crippen molar-refractivity contribution in [3.8, 4) is 0 Å². The van der Waals surface area contributed by atoms with Gasteiger partial charge < -0.3 is 10.1 Å². The Kier molecular flexibility index (Phi) is 6.34. The lowest BCUT2D eigenvalue weighted by Crippen LogP contribution is -2.34. The van der Waals surface area contributed by atoms with Crippen LogP contribution in [0.2, 0.25) is 5.02 Å². The predicted molar refractivity (Wildman–Crippen MR) is 81.3 cm³/mol. The summed E-state index contributed by atoms with van der Waals surface area (Å²) in [6, 6.07) is 3.54. The molecule has 0 aliphatic rings. The Morgan fingerprint density at radius 2 is 1.95 bits per heavy atom. The minimum Gasteiger partial charge on any atom is -0.452 e. The Labute approximate surface area is 134 Å². The van der Waals surface area contributed by atoms with Crippen LogP contribution in [-0.4, -0.2) is 40.0 Å². The van der Waals surface area contributed by atoms with Gasteiger partial charge in [0, 0.05) is 6.04 Å². The van der Waals surface area contributed by atoms with E-state index < -0.39 is 28.5 Å². The van der Waals surface area contributed by atoms with Gasteiger partial charge in [-0.15, -0.1) is 0 Å². The highest BCUT2D eigenvalue weighted by Crippen LogP contribution is 2.21. The Hall–Kier alpha value is -1.64. The van der Waals surface area contributed by atoms with Crippen molar-refractivity contribution in [1.29, 1.82) is 0 Å². The van der Waals surface area contributed by atoms with Crippen LogP contribution in [0, 0.1) is 0 Å². The molecule has 7 nitrogen and oxygen atoms in total.